The summed E-state index contributed by atoms with van der Waals surface area (Å²) in [5.74, 6) is 0.665. The molecule has 0 atom stereocenters. The number of carbonyl (C=O) groups is 1. The number of piperidine rings is 1. The molecule has 2 heterocycles. The van der Waals surface area contributed by atoms with Gasteiger partial charge in [0, 0.05) is 17.6 Å². The summed E-state index contributed by atoms with van der Waals surface area (Å²) in [7, 11) is 0. The van der Waals surface area contributed by atoms with Gasteiger partial charge in [-0.1, -0.05) is 35.0 Å². The summed E-state index contributed by atoms with van der Waals surface area (Å²) in [5, 5.41) is 0.871. The van der Waals surface area contributed by atoms with Crippen LogP contribution in [0.25, 0.3) is 6.08 Å². The normalized spacial score (nSPS) is 22.0. The molecule has 3 rings (SSSR count). The highest BCUT2D eigenvalue weighted by Gasteiger charge is 2.28. The van der Waals surface area contributed by atoms with Crippen LogP contribution in [0.1, 0.15) is 25.3 Å². The van der Waals surface area contributed by atoms with Crippen LogP contribution in [-0.2, 0) is 4.79 Å². The lowest BCUT2D eigenvalue weighted by Crippen LogP contribution is -2.35. The molecule has 2 aliphatic heterocycles. The first-order chi connectivity index (χ1) is 10.1. The molecule has 0 spiro atoms. The van der Waals surface area contributed by atoms with E-state index in [4.69, 9.17) is 0 Å². The molecule has 5 heteroatoms. The van der Waals surface area contributed by atoms with Gasteiger partial charge in [0.25, 0.3) is 5.91 Å². The first-order valence-electron chi connectivity index (χ1n) is 7.15. The molecular formula is C16H17BrN2OS. The lowest BCUT2D eigenvalue weighted by Gasteiger charge is -2.30. The molecule has 0 N–H and O–H groups in total. The van der Waals surface area contributed by atoms with E-state index in [2.05, 4.69) is 32.7 Å². The quantitative estimate of drug-likeness (QED) is 0.701. The van der Waals surface area contributed by atoms with Gasteiger partial charge in [-0.05, 0) is 54.3 Å². The minimum absolute atomic E-state index is 0.114. The Balaban J connectivity index is 1.71. The molecule has 21 heavy (non-hydrogen) atoms. The summed E-state index contributed by atoms with van der Waals surface area (Å²) < 4.78 is 1.04. The molecule has 0 radical (unpaired) electrons. The van der Waals surface area contributed by atoms with E-state index in [0.29, 0.717) is 4.91 Å². The van der Waals surface area contributed by atoms with E-state index in [1.807, 2.05) is 30.3 Å². The third-order valence-electron chi connectivity index (χ3n) is 3.83. The van der Waals surface area contributed by atoms with Crippen LogP contribution in [0.2, 0.25) is 0 Å². The van der Waals surface area contributed by atoms with Gasteiger partial charge in [0.2, 0.25) is 0 Å². The summed E-state index contributed by atoms with van der Waals surface area (Å²) in [6, 6.07) is 7.94. The molecule has 1 fully saturated rings. The van der Waals surface area contributed by atoms with E-state index in [0.717, 1.165) is 34.2 Å². The zero-order valence-corrected chi connectivity index (χ0v) is 14.3. The first-order valence-corrected chi connectivity index (χ1v) is 8.76. The van der Waals surface area contributed by atoms with Crippen molar-refractivity contribution >= 4 is 44.8 Å². The van der Waals surface area contributed by atoms with Crippen molar-refractivity contribution in [2.45, 2.75) is 19.8 Å². The molecule has 0 bridgehead atoms. The zero-order chi connectivity index (χ0) is 14.8. The average molecular weight is 365 g/mol. The molecule has 0 aliphatic carbocycles. The number of hydrogen-bond donors (Lipinski definition) is 0. The molecule has 1 amide bonds. The maximum Gasteiger partial charge on any atom is 0.286 e. The van der Waals surface area contributed by atoms with Crippen molar-refractivity contribution in [3.63, 3.8) is 0 Å². The predicted octanol–water partition coefficient (Wildman–Crippen LogP) is 4.15. The lowest BCUT2D eigenvalue weighted by atomic mass is 10.00. The molecule has 1 aromatic carbocycles. The van der Waals surface area contributed by atoms with Gasteiger partial charge in [-0.3, -0.25) is 4.79 Å². The molecule has 0 unspecified atom stereocenters. The first kappa shape index (κ1) is 14.9. The molecule has 0 saturated carbocycles. The Morgan fingerprint density at radius 2 is 1.95 bits per heavy atom. The Kier molecular flexibility index (Phi) is 4.50. The van der Waals surface area contributed by atoms with Crippen molar-refractivity contribution in [2.75, 3.05) is 13.1 Å². The zero-order valence-electron chi connectivity index (χ0n) is 11.9. The Labute approximate surface area is 137 Å². The summed E-state index contributed by atoms with van der Waals surface area (Å²) in [4.78, 5) is 19.2. The number of carbonyl (C=O) groups excluding carboxylic acids is 1. The second kappa shape index (κ2) is 6.36. The van der Waals surface area contributed by atoms with E-state index in [9.17, 15) is 4.79 Å². The number of likely N-dealkylation sites (tertiary alicyclic amines) is 1. The van der Waals surface area contributed by atoms with Crippen molar-refractivity contribution < 1.29 is 4.79 Å². The third kappa shape index (κ3) is 3.58. The largest absolute Gasteiger partial charge is 0.351 e. The van der Waals surface area contributed by atoms with Crippen LogP contribution in [0, 0.1) is 5.92 Å². The van der Waals surface area contributed by atoms with E-state index in [1.165, 1.54) is 24.6 Å². The molecular weight excluding hydrogens is 348 g/mol. The standard InChI is InChI=1S/C16H17BrN2OS/c1-11-6-8-19(9-7-11)16-18-15(20)14(21-16)10-12-2-4-13(17)5-3-12/h2-5,10-11H,6-9H2,1H3. The van der Waals surface area contributed by atoms with Crippen LogP contribution in [0.4, 0.5) is 0 Å². The maximum atomic E-state index is 12.1. The maximum absolute atomic E-state index is 12.1. The van der Waals surface area contributed by atoms with Crippen LogP contribution in [0.5, 0.6) is 0 Å². The summed E-state index contributed by atoms with van der Waals surface area (Å²) in [6.45, 7) is 4.29. The van der Waals surface area contributed by atoms with Gasteiger partial charge >= 0.3 is 0 Å². The Morgan fingerprint density at radius 3 is 2.62 bits per heavy atom. The number of rotatable bonds is 1. The molecule has 3 nitrogen and oxygen atoms in total. The second-order valence-corrected chi connectivity index (χ2v) is 7.46. The Bertz CT molecular complexity index is 601. The van der Waals surface area contributed by atoms with Gasteiger partial charge in [0.05, 0.1) is 4.91 Å². The predicted molar refractivity (Wildman–Crippen MR) is 92.1 cm³/mol. The molecule has 1 saturated heterocycles. The number of halogens is 1. The van der Waals surface area contributed by atoms with Crippen LogP contribution < -0.4 is 0 Å². The number of thioether (sulfide) groups is 1. The van der Waals surface area contributed by atoms with E-state index >= 15 is 0 Å². The van der Waals surface area contributed by atoms with E-state index < -0.39 is 0 Å². The van der Waals surface area contributed by atoms with Crippen LogP contribution in [-0.4, -0.2) is 29.1 Å². The number of hydrogen-bond acceptors (Lipinski definition) is 3. The molecule has 1 aromatic rings. The minimum atomic E-state index is -0.114. The van der Waals surface area contributed by atoms with Crippen molar-refractivity contribution in [3.05, 3.63) is 39.2 Å². The minimum Gasteiger partial charge on any atom is -0.351 e. The SMILES string of the molecule is CC1CCN(C2=NC(=O)C(=Cc3ccc(Br)cc3)S2)CC1. The van der Waals surface area contributed by atoms with Gasteiger partial charge in [-0.15, -0.1) is 0 Å². The number of amides is 1. The smallest absolute Gasteiger partial charge is 0.286 e. The van der Waals surface area contributed by atoms with Gasteiger partial charge in [-0.25, -0.2) is 0 Å². The Morgan fingerprint density at radius 1 is 1.29 bits per heavy atom. The number of aliphatic imine (C=N–C) groups is 1. The fourth-order valence-corrected chi connectivity index (χ4v) is 3.67. The average Bonchev–Trinajstić information content (AvgIpc) is 2.83. The van der Waals surface area contributed by atoms with Crippen LogP contribution in [0.3, 0.4) is 0 Å². The highest BCUT2D eigenvalue weighted by atomic mass is 79.9. The van der Waals surface area contributed by atoms with Crippen molar-refractivity contribution in [1.29, 1.82) is 0 Å². The van der Waals surface area contributed by atoms with Crippen LogP contribution >= 0.6 is 27.7 Å². The van der Waals surface area contributed by atoms with E-state index in [-0.39, 0.29) is 5.91 Å². The molecule has 110 valence electrons. The van der Waals surface area contributed by atoms with Crippen LogP contribution in [0.15, 0.2) is 38.6 Å². The van der Waals surface area contributed by atoms with Gasteiger partial charge < -0.3 is 4.90 Å². The number of amidine groups is 1. The molecule has 2 aliphatic rings. The summed E-state index contributed by atoms with van der Waals surface area (Å²) in [6.07, 6.45) is 4.28. The molecule has 0 aromatic heterocycles. The van der Waals surface area contributed by atoms with Crippen molar-refractivity contribution in [1.82, 2.24) is 4.90 Å². The third-order valence-corrected chi connectivity index (χ3v) is 5.40. The Hall–Kier alpha value is -1.07. The van der Waals surface area contributed by atoms with E-state index in [1.54, 1.807) is 0 Å². The number of benzene rings is 1. The summed E-state index contributed by atoms with van der Waals surface area (Å²) >= 11 is 4.92. The van der Waals surface area contributed by atoms with Crippen molar-refractivity contribution in [3.8, 4) is 0 Å². The lowest BCUT2D eigenvalue weighted by molar-refractivity contribution is -0.113. The van der Waals surface area contributed by atoms with Gasteiger partial charge in [0.1, 0.15) is 0 Å². The van der Waals surface area contributed by atoms with Crippen molar-refractivity contribution in [2.24, 2.45) is 10.9 Å². The highest BCUT2D eigenvalue weighted by Crippen LogP contribution is 2.32. The topological polar surface area (TPSA) is 32.7 Å². The monoisotopic (exact) mass is 364 g/mol. The highest BCUT2D eigenvalue weighted by molar-refractivity contribution is 9.10. The fourth-order valence-electron chi connectivity index (χ4n) is 2.44. The second-order valence-electron chi connectivity index (χ2n) is 5.53. The van der Waals surface area contributed by atoms with Gasteiger partial charge in [0.15, 0.2) is 5.17 Å². The summed E-state index contributed by atoms with van der Waals surface area (Å²) in [5.41, 5.74) is 1.03. The number of nitrogens with zero attached hydrogens (tertiary/aromatic N) is 2. The fraction of sp³-hybridized carbons (Fsp3) is 0.375. The van der Waals surface area contributed by atoms with Gasteiger partial charge in [-0.2, -0.15) is 4.99 Å².